The Morgan fingerprint density at radius 3 is 1.16 bits per heavy atom. The minimum atomic E-state index is 0.378. The molecule has 0 radical (unpaired) electrons. The smallest absolute Gasteiger partial charge is 0.0704 e. The van der Waals surface area contributed by atoms with E-state index in [1.54, 1.807) is 0 Å². The summed E-state index contributed by atoms with van der Waals surface area (Å²) in [5.74, 6) is 0.731. The summed E-state index contributed by atoms with van der Waals surface area (Å²) < 4.78 is 49.4. The molecule has 222 valence electrons. The van der Waals surface area contributed by atoms with Crippen molar-refractivity contribution in [1.82, 2.24) is 4.90 Å². The molecule has 1 fully saturated rings. The topological polar surface area (TPSA) is 86.3 Å². The van der Waals surface area contributed by atoms with Crippen LogP contribution in [0.3, 0.4) is 0 Å². The molecule has 0 aromatic rings. The Morgan fingerprint density at radius 1 is 0.514 bits per heavy atom. The van der Waals surface area contributed by atoms with Gasteiger partial charge in [0.2, 0.25) is 0 Å². The molecule has 1 aliphatic heterocycles. The number of ether oxygens (including phenoxy) is 9. The van der Waals surface area contributed by atoms with Gasteiger partial charge in [-0.3, -0.25) is 0 Å². The third-order valence-corrected chi connectivity index (χ3v) is 5.55. The normalized spacial score (nSPS) is 15.2. The first-order valence-corrected chi connectivity index (χ1v) is 14.2. The van der Waals surface area contributed by atoms with Crippen molar-refractivity contribution in [2.45, 2.75) is 39.7 Å². The number of rotatable bonds is 28. The summed E-state index contributed by atoms with van der Waals surface area (Å²) in [6.45, 7) is 19.8. The van der Waals surface area contributed by atoms with Crippen molar-refractivity contribution in [3.63, 3.8) is 0 Å². The highest BCUT2D eigenvalue weighted by molar-refractivity contribution is 4.73. The zero-order valence-electron chi connectivity index (χ0n) is 23.8. The Morgan fingerprint density at radius 2 is 0.838 bits per heavy atom. The highest BCUT2D eigenvalue weighted by Gasteiger charge is 2.19. The van der Waals surface area contributed by atoms with Crippen LogP contribution in [0, 0.1) is 5.92 Å². The van der Waals surface area contributed by atoms with Crippen LogP contribution in [0.5, 0.6) is 0 Å². The van der Waals surface area contributed by atoms with Gasteiger partial charge in [0.15, 0.2) is 0 Å². The molecule has 1 heterocycles. The molecule has 37 heavy (non-hydrogen) atoms. The van der Waals surface area contributed by atoms with E-state index in [0.717, 1.165) is 38.5 Å². The van der Waals surface area contributed by atoms with Gasteiger partial charge in [0.05, 0.1) is 112 Å². The molecule has 10 nitrogen and oxygen atoms in total. The average molecular weight is 538 g/mol. The lowest BCUT2D eigenvalue weighted by Gasteiger charge is -2.32. The molecule has 0 aromatic heterocycles. The Balaban J connectivity index is 1.66. The molecule has 1 saturated heterocycles. The van der Waals surface area contributed by atoms with E-state index in [-0.39, 0.29) is 0 Å². The SMILES string of the molecule is CCOCCOCCOCCOCCOCCOCCOCCOCCOC1CCN(CC(C)C)CC1. The Hall–Kier alpha value is -0.400. The Labute approximate surface area is 225 Å². The van der Waals surface area contributed by atoms with Gasteiger partial charge in [-0.2, -0.15) is 0 Å². The van der Waals surface area contributed by atoms with E-state index in [1.165, 1.54) is 6.54 Å². The van der Waals surface area contributed by atoms with Crippen molar-refractivity contribution in [2.75, 3.05) is 132 Å². The Kier molecular flexibility index (Phi) is 25.4. The van der Waals surface area contributed by atoms with E-state index in [4.69, 9.17) is 42.6 Å². The summed E-state index contributed by atoms with van der Waals surface area (Å²) in [5.41, 5.74) is 0. The molecule has 0 unspecified atom stereocenters. The maximum Gasteiger partial charge on any atom is 0.0704 e. The molecule has 10 heteroatoms. The summed E-state index contributed by atoms with van der Waals surface area (Å²) in [4.78, 5) is 2.54. The predicted molar refractivity (Wildman–Crippen MR) is 142 cm³/mol. The molecular formula is C27H55NO9. The number of hydrogen-bond acceptors (Lipinski definition) is 10. The molecular weight excluding hydrogens is 482 g/mol. The second-order valence-electron chi connectivity index (χ2n) is 9.25. The van der Waals surface area contributed by atoms with Crippen molar-refractivity contribution >= 4 is 0 Å². The van der Waals surface area contributed by atoms with Crippen molar-refractivity contribution in [3.05, 3.63) is 0 Å². The standard InChI is InChI=1S/C27H55NO9/c1-4-29-9-10-30-11-12-31-13-14-32-15-16-33-17-18-34-19-20-35-21-22-36-23-24-37-27-5-7-28(8-6-27)25-26(2)3/h26-27H,4-25H2,1-3H3. The van der Waals surface area contributed by atoms with Crippen LogP contribution in [0.25, 0.3) is 0 Å². The highest BCUT2D eigenvalue weighted by Crippen LogP contribution is 2.14. The molecule has 0 aromatic carbocycles. The Bertz CT molecular complexity index is 452. The van der Waals surface area contributed by atoms with Crippen LogP contribution in [0.2, 0.25) is 0 Å². The molecule has 0 amide bonds. The van der Waals surface area contributed by atoms with Crippen LogP contribution in [0.1, 0.15) is 33.6 Å². The number of hydrogen-bond donors (Lipinski definition) is 0. The van der Waals surface area contributed by atoms with Gasteiger partial charge in [0, 0.05) is 26.2 Å². The summed E-state index contributed by atoms with van der Waals surface area (Å²) in [6.07, 6.45) is 2.62. The minimum absolute atomic E-state index is 0.378. The monoisotopic (exact) mass is 537 g/mol. The first-order valence-electron chi connectivity index (χ1n) is 14.2. The van der Waals surface area contributed by atoms with Crippen LogP contribution < -0.4 is 0 Å². The van der Waals surface area contributed by atoms with Gasteiger partial charge in [-0.25, -0.2) is 0 Å². The van der Waals surface area contributed by atoms with Gasteiger partial charge in [0.25, 0.3) is 0 Å². The molecule has 0 saturated carbocycles. The fourth-order valence-corrected chi connectivity index (χ4v) is 3.73. The second kappa shape index (κ2) is 27.2. The maximum absolute atomic E-state index is 5.94. The fraction of sp³-hybridized carbons (Fsp3) is 1.00. The number of piperidine rings is 1. The summed E-state index contributed by atoms with van der Waals surface area (Å²) in [6, 6.07) is 0. The van der Waals surface area contributed by atoms with Gasteiger partial charge in [-0.05, 0) is 25.7 Å². The summed E-state index contributed by atoms with van der Waals surface area (Å²) in [5, 5.41) is 0. The maximum atomic E-state index is 5.94. The first kappa shape index (κ1) is 34.6. The summed E-state index contributed by atoms with van der Waals surface area (Å²) in [7, 11) is 0. The third kappa shape index (κ3) is 24.4. The van der Waals surface area contributed by atoms with Crippen LogP contribution in [-0.4, -0.2) is 143 Å². The molecule has 0 aliphatic carbocycles. The van der Waals surface area contributed by atoms with Crippen LogP contribution in [-0.2, 0) is 42.6 Å². The third-order valence-electron chi connectivity index (χ3n) is 5.55. The molecule has 0 spiro atoms. The van der Waals surface area contributed by atoms with Gasteiger partial charge < -0.3 is 47.5 Å². The predicted octanol–water partition coefficient (Wildman–Crippen LogP) is 2.28. The van der Waals surface area contributed by atoms with E-state index in [2.05, 4.69) is 18.7 Å². The van der Waals surface area contributed by atoms with Gasteiger partial charge >= 0.3 is 0 Å². The molecule has 0 atom stereocenters. The summed E-state index contributed by atoms with van der Waals surface area (Å²) >= 11 is 0. The number of nitrogens with zero attached hydrogens (tertiary/aromatic N) is 1. The molecule has 1 aliphatic rings. The van der Waals surface area contributed by atoms with Gasteiger partial charge in [-0.1, -0.05) is 13.8 Å². The fourth-order valence-electron chi connectivity index (χ4n) is 3.73. The van der Waals surface area contributed by atoms with Crippen molar-refractivity contribution in [3.8, 4) is 0 Å². The zero-order chi connectivity index (χ0) is 26.7. The number of likely N-dealkylation sites (tertiary alicyclic amines) is 1. The zero-order valence-corrected chi connectivity index (χ0v) is 23.8. The first-order chi connectivity index (χ1) is 18.2. The van der Waals surface area contributed by atoms with Gasteiger partial charge in [-0.15, -0.1) is 0 Å². The van der Waals surface area contributed by atoms with Crippen LogP contribution in [0.4, 0.5) is 0 Å². The van der Waals surface area contributed by atoms with Crippen molar-refractivity contribution < 1.29 is 42.6 Å². The van der Waals surface area contributed by atoms with Crippen molar-refractivity contribution in [1.29, 1.82) is 0 Å². The lowest BCUT2D eigenvalue weighted by molar-refractivity contribution is -0.0383. The average Bonchev–Trinajstić information content (AvgIpc) is 2.89. The largest absolute Gasteiger partial charge is 0.379 e. The van der Waals surface area contributed by atoms with Gasteiger partial charge in [0.1, 0.15) is 0 Å². The van der Waals surface area contributed by atoms with E-state index in [1.807, 2.05) is 6.92 Å². The second-order valence-corrected chi connectivity index (χ2v) is 9.25. The van der Waals surface area contributed by atoms with E-state index < -0.39 is 0 Å². The van der Waals surface area contributed by atoms with Crippen molar-refractivity contribution in [2.24, 2.45) is 5.92 Å². The van der Waals surface area contributed by atoms with Crippen LogP contribution >= 0.6 is 0 Å². The highest BCUT2D eigenvalue weighted by atomic mass is 16.6. The van der Waals surface area contributed by atoms with E-state index >= 15 is 0 Å². The molecule has 0 bridgehead atoms. The molecule has 0 N–H and O–H groups in total. The quantitative estimate of drug-likeness (QED) is 0.139. The molecule has 1 rings (SSSR count). The lowest BCUT2D eigenvalue weighted by atomic mass is 10.1. The van der Waals surface area contributed by atoms with E-state index in [0.29, 0.717) is 112 Å². The lowest BCUT2D eigenvalue weighted by Crippen LogP contribution is -2.39. The van der Waals surface area contributed by atoms with E-state index in [9.17, 15) is 0 Å². The van der Waals surface area contributed by atoms with Crippen LogP contribution in [0.15, 0.2) is 0 Å². The minimum Gasteiger partial charge on any atom is -0.379 e.